The van der Waals surface area contributed by atoms with Crippen LogP contribution in [0.3, 0.4) is 0 Å². The maximum Gasteiger partial charge on any atom is 0.226 e. The Labute approximate surface area is 217 Å². The van der Waals surface area contributed by atoms with Gasteiger partial charge in [0.2, 0.25) is 5.91 Å². The minimum atomic E-state index is -0.173. The van der Waals surface area contributed by atoms with Gasteiger partial charge in [-0.25, -0.2) is 15.0 Å². The molecule has 9 nitrogen and oxygen atoms in total. The number of rotatable bonds is 5. The van der Waals surface area contributed by atoms with Gasteiger partial charge in [0.25, 0.3) is 0 Å². The van der Waals surface area contributed by atoms with E-state index in [9.17, 15) is 4.79 Å². The molecule has 0 bridgehead atoms. The smallest absolute Gasteiger partial charge is 0.226 e. The highest BCUT2D eigenvalue weighted by Crippen LogP contribution is 2.41. The van der Waals surface area contributed by atoms with Crippen LogP contribution in [-0.4, -0.2) is 35.6 Å². The Balaban J connectivity index is 1.24. The summed E-state index contributed by atoms with van der Waals surface area (Å²) in [5.41, 5.74) is 5.08. The summed E-state index contributed by atoms with van der Waals surface area (Å²) >= 11 is 0. The van der Waals surface area contributed by atoms with Crippen molar-refractivity contribution in [3.8, 4) is 11.6 Å². The second kappa shape index (κ2) is 8.81. The minimum Gasteiger partial charge on any atom is -0.489 e. The minimum absolute atomic E-state index is 0.0827. The lowest BCUT2D eigenvalue weighted by atomic mass is 9.85. The summed E-state index contributed by atoms with van der Waals surface area (Å²) in [7, 11) is 0. The summed E-state index contributed by atoms with van der Waals surface area (Å²) in [6.45, 7) is 2.40. The van der Waals surface area contributed by atoms with Gasteiger partial charge in [-0.2, -0.15) is 9.78 Å². The Bertz CT molecular complexity index is 1830. The molecule has 1 atom stereocenters. The lowest BCUT2D eigenvalue weighted by Crippen LogP contribution is -2.25. The second-order valence-electron chi connectivity index (χ2n) is 9.36. The van der Waals surface area contributed by atoms with Crippen LogP contribution < -0.4 is 10.1 Å². The number of carbonyl (C=O) groups is 1. The van der Waals surface area contributed by atoms with Crippen LogP contribution >= 0.6 is 0 Å². The summed E-state index contributed by atoms with van der Waals surface area (Å²) in [4.78, 5) is 28.8. The summed E-state index contributed by atoms with van der Waals surface area (Å²) in [5, 5.41) is 10.1. The number of anilines is 1. The fraction of sp³-hybridized carbons (Fsp3) is 0.138. The van der Waals surface area contributed by atoms with Gasteiger partial charge in [0.15, 0.2) is 11.5 Å². The Morgan fingerprint density at radius 1 is 1.03 bits per heavy atom. The number of hydrogen-bond donors (Lipinski definition) is 2. The first kappa shape index (κ1) is 22.2. The molecule has 0 saturated carbocycles. The zero-order valence-electron chi connectivity index (χ0n) is 20.5. The Hall–Kier alpha value is -5.05. The van der Waals surface area contributed by atoms with Gasteiger partial charge in [0, 0.05) is 17.9 Å². The first-order valence-electron chi connectivity index (χ1n) is 12.4. The number of H-pyrrole nitrogens is 1. The highest BCUT2D eigenvalue weighted by Gasteiger charge is 2.33. The maximum atomic E-state index is 12.9. The Morgan fingerprint density at radius 3 is 2.84 bits per heavy atom. The summed E-state index contributed by atoms with van der Waals surface area (Å²) in [5.74, 6) is 1.64. The lowest BCUT2D eigenvalue weighted by Gasteiger charge is -2.24. The number of imidazole rings is 1. The number of nitrogens with one attached hydrogen (secondary N) is 2. The van der Waals surface area contributed by atoms with Gasteiger partial charge >= 0.3 is 0 Å². The van der Waals surface area contributed by atoms with Crippen molar-refractivity contribution in [2.45, 2.75) is 25.9 Å². The molecule has 3 aromatic heterocycles. The molecule has 1 aliphatic heterocycles. The van der Waals surface area contributed by atoms with Gasteiger partial charge in [-0.15, -0.1) is 0 Å². The lowest BCUT2D eigenvalue weighted by molar-refractivity contribution is -0.116. The van der Waals surface area contributed by atoms with Gasteiger partial charge in [0.05, 0.1) is 12.0 Å². The van der Waals surface area contributed by atoms with Crippen molar-refractivity contribution in [2.75, 3.05) is 5.32 Å². The first-order chi connectivity index (χ1) is 18.7. The molecule has 0 fully saturated rings. The predicted molar refractivity (Wildman–Crippen MR) is 143 cm³/mol. The third-order valence-corrected chi connectivity index (χ3v) is 7.04. The van der Waals surface area contributed by atoms with Crippen LogP contribution in [0.15, 0.2) is 79.4 Å². The summed E-state index contributed by atoms with van der Waals surface area (Å²) in [6, 6.07) is 22.5. The number of aromatic amines is 1. The van der Waals surface area contributed by atoms with E-state index < -0.39 is 0 Å². The molecular formula is C29H23N7O2. The van der Waals surface area contributed by atoms with Gasteiger partial charge < -0.3 is 15.0 Å². The van der Waals surface area contributed by atoms with Gasteiger partial charge in [0.1, 0.15) is 30.0 Å². The number of benzene rings is 3. The van der Waals surface area contributed by atoms with E-state index in [4.69, 9.17) is 9.84 Å². The Morgan fingerprint density at radius 2 is 1.89 bits per heavy atom. The van der Waals surface area contributed by atoms with Crippen LogP contribution in [0.25, 0.3) is 27.8 Å². The molecule has 1 aliphatic rings. The van der Waals surface area contributed by atoms with Crippen LogP contribution in [0.4, 0.5) is 5.82 Å². The van der Waals surface area contributed by atoms with Crippen LogP contribution in [0.1, 0.15) is 34.7 Å². The number of amides is 1. The number of hydrogen-bond acceptors (Lipinski definition) is 6. The van der Waals surface area contributed by atoms with Gasteiger partial charge in [-0.3, -0.25) is 4.79 Å². The number of fused-ring (bicyclic) bond motifs is 3. The number of aromatic nitrogens is 6. The van der Waals surface area contributed by atoms with Crippen LogP contribution in [0.2, 0.25) is 0 Å². The third kappa shape index (κ3) is 3.67. The highest BCUT2D eigenvalue weighted by atomic mass is 16.5. The molecule has 186 valence electrons. The summed E-state index contributed by atoms with van der Waals surface area (Å²) in [6.07, 6.45) is 3.33. The number of carbonyl (C=O) groups excluding carboxylic acids is 1. The molecule has 0 saturated heterocycles. The SMILES string of the molecule is Cc1nn(-c2ncnc3nc[nH]c23)c2c1[C@H](c1cccc(OCc3cccc4ccccc34)c1)CC(=O)N2. The fourth-order valence-corrected chi connectivity index (χ4v) is 5.30. The normalized spacial score (nSPS) is 15.0. The van der Waals surface area contributed by atoms with E-state index in [2.05, 4.69) is 55.6 Å². The predicted octanol–water partition coefficient (Wildman–Crippen LogP) is 5.05. The Kier molecular flexibility index (Phi) is 5.14. The molecule has 6 aromatic rings. The van der Waals surface area contributed by atoms with Crippen molar-refractivity contribution in [3.63, 3.8) is 0 Å². The zero-order valence-corrected chi connectivity index (χ0v) is 20.5. The molecule has 4 heterocycles. The molecule has 0 aliphatic carbocycles. The van der Waals surface area contributed by atoms with Crippen LogP contribution in [0, 0.1) is 6.92 Å². The number of ether oxygens (including phenoxy) is 1. The van der Waals surface area contributed by atoms with E-state index in [1.165, 1.54) is 17.1 Å². The number of aryl methyl sites for hydroxylation is 1. The van der Waals surface area contributed by atoms with Crippen molar-refractivity contribution < 1.29 is 9.53 Å². The van der Waals surface area contributed by atoms with E-state index in [0.29, 0.717) is 35.8 Å². The second-order valence-corrected chi connectivity index (χ2v) is 9.36. The van der Waals surface area contributed by atoms with Crippen LogP contribution in [0.5, 0.6) is 5.75 Å². The average molecular weight is 502 g/mol. The maximum absolute atomic E-state index is 12.9. The van der Waals surface area contributed by atoms with Crippen LogP contribution in [-0.2, 0) is 11.4 Å². The third-order valence-electron chi connectivity index (χ3n) is 7.04. The van der Waals surface area contributed by atoms with Crippen molar-refractivity contribution in [2.24, 2.45) is 0 Å². The molecule has 0 unspecified atom stereocenters. The topological polar surface area (TPSA) is 111 Å². The molecule has 3 aromatic carbocycles. The standard InChI is InChI=1S/C29H23N7O2/c1-17-25-23(13-24(37)34-28(25)36(35-17)29-26-27(31-15-30-26)32-16-33-29)19-8-5-10-21(12-19)38-14-20-9-4-7-18-6-2-3-11-22(18)20/h2-12,15-16,23H,13-14H2,1H3,(H,34,37)(H,30,31,32,33)/t23-/m0/s1. The average Bonchev–Trinajstić information content (AvgIpc) is 3.56. The quantitative estimate of drug-likeness (QED) is 0.342. The molecule has 0 spiro atoms. The van der Waals surface area contributed by atoms with E-state index >= 15 is 0 Å². The van der Waals surface area contributed by atoms with Crippen molar-refractivity contribution in [3.05, 3.63) is 102 Å². The van der Waals surface area contributed by atoms with E-state index in [1.54, 1.807) is 11.0 Å². The largest absolute Gasteiger partial charge is 0.489 e. The molecule has 2 N–H and O–H groups in total. The van der Waals surface area contributed by atoms with Gasteiger partial charge in [-0.1, -0.05) is 54.6 Å². The molecule has 7 rings (SSSR count). The molecule has 1 amide bonds. The molecule has 0 radical (unpaired) electrons. The zero-order chi connectivity index (χ0) is 25.6. The van der Waals surface area contributed by atoms with E-state index in [1.807, 2.05) is 43.3 Å². The summed E-state index contributed by atoms with van der Waals surface area (Å²) < 4.78 is 7.91. The van der Waals surface area contributed by atoms with E-state index in [0.717, 1.165) is 28.1 Å². The monoisotopic (exact) mass is 501 g/mol. The fourth-order valence-electron chi connectivity index (χ4n) is 5.30. The first-order valence-corrected chi connectivity index (χ1v) is 12.4. The molecule has 38 heavy (non-hydrogen) atoms. The molecule has 9 heteroatoms. The van der Waals surface area contributed by atoms with Gasteiger partial charge in [-0.05, 0) is 41.0 Å². The highest BCUT2D eigenvalue weighted by molar-refractivity contribution is 5.95. The molecular weight excluding hydrogens is 478 g/mol. The van der Waals surface area contributed by atoms with Crippen molar-refractivity contribution in [1.29, 1.82) is 0 Å². The number of nitrogens with zero attached hydrogens (tertiary/aromatic N) is 5. The van der Waals surface area contributed by atoms with Crippen molar-refractivity contribution >= 4 is 33.7 Å². The van der Waals surface area contributed by atoms with E-state index in [-0.39, 0.29) is 11.8 Å². The van der Waals surface area contributed by atoms with Crippen molar-refractivity contribution in [1.82, 2.24) is 29.7 Å².